The Hall–Kier alpha value is -1.61. The zero-order chi connectivity index (χ0) is 11.7. The van der Waals surface area contributed by atoms with E-state index in [-0.39, 0.29) is 0 Å². The van der Waals surface area contributed by atoms with Crippen molar-refractivity contribution < 1.29 is 0 Å². The molecular weight excluding hydrogens is 276 g/mol. The van der Waals surface area contributed by atoms with Crippen molar-refractivity contribution in [1.29, 1.82) is 0 Å². The second kappa shape index (κ2) is 4.34. The zero-order valence-electron chi connectivity index (χ0n) is 9.18. The van der Waals surface area contributed by atoms with Gasteiger partial charge in [-0.1, -0.05) is 34.2 Å². The molecule has 0 radical (unpaired) electrons. The SMILES string of the molecule is Brc1ccc2c(c1)ncn2C1=CC=CCC=C1. The number of rotatable bonds is 1. The van der Waals surface area contributed by atoms with Crippen LogP contribution in [0, 0.1) is 0 Å². The molecule has 17 heavy (non-hydrogen) atoms. The van der Waals surface area contributed by atoms with Gasteiger partial charge in [-0.3, -0.25) is 4.57 Å². The van der Waals surface area contributed by atoms with Crippen LogP contribution in [-0.4, -0.2) is 9.55 Å². The molecule has 0 fully saturated rings. The molecule has 3 heteroatoms. The number of halogens is 1. The molecule has 0 spiro atoms. The van der Waals surface area contributed by atoms with Gasteiger partial charge < -0.3 is 0 Å². The van der Waals surface area contributed by atoms with Gasteiger partial charge in [0, 0.05) is 10.2 Å². The zero-order valence-corrected chi connectivity index (χ0v) is 10.8. The smallest absolute Gasteiger partial charge is 0.100 e. The van der Waals surface area contributed by atoms with E-state index in [0.717, 1.165) is 27.6 Å². The summed E-state index contributed by atoms with van der Waals surface area (Å²) in [6, 6.07) is 6.15. The first kappa shape index (κ1) is 10.5. The first-order valence-corrected chi connectivity index (χ1v) is 6.30. The Morgan fingerprint density at radius 2 is 2.18 bits per heavy atom. The summed E-state index contributed by atoms with van der Waals surface area (Å²) in [5.74, 6) is 0. The van der Waals surface area contributed by atoms with Crippen LogP contribution >= 0.6 is 15.9 Å². The maximum atomic E-state index is 4.42. The van der Waals surface area contributed by atoms with E-state index in [1.54, 1.807) is 0 Å². The average Bonchev–Trinajstić information content (AvgIpc) is 2.57. The van der Waals surface area contributed by atoms with Gasteiger partial charge in [0.25, 0.3) is 0 Å². The summed E-state index contributed by atoms with van der Waals surface area (Å²) < 4.78 is 3.16. The molecule has 3 rings (SSSR count). The monoisotopic (exact) mass is 286 g/mol. The lowest BCUT2D eigenvalue weighted by molar-refractivity contribution is 1.14. The maximum Gasteiger partial charge on any atom is 0.100 e. The number of aromatic nitrogens is 2. The quantitative estimate of drug-likeness (QED) is 0.770. The summed E-state index contributed by atoms with van der Waals surface area (Å²) in [4.78, 5) is 4.42. The van der Waals surface area contributed by atoms with Crippen molar-refractivity contribution in [3.8, 4) is 0 Å². The van der Waals surface area contributed by atoms with E-state index >= 15 is 0 Å². The van der Waals surface area contributed by atoms with Crippen molar-refractivity contribution in [1.82, 2.24) is 9.55 Å². The minimum absolute atomic E-state index is 0.984. The molecule has 1 aliphatic rings. The van der Waals surface area contributed by atoms with E-state index in [0.29, 0.717) is 0 Å². The Morgan fingerprint density at radius 3 is 3.12 bits per heavy atom. The van der Waals surface area contributed by atoms with Crippen molar-refractivity contribution in [2.24, 2.45) is 0 Å². The largest absolute Gasteiger partial charge is 0.299 e. The van der Waals surface area contributed by atoms with Gasteiger partial charge in [0.2, 0.25) is 0 Å². The molecule has 1 aliphatic carbocycles. The highest BCUT2D eigenvalue weighted by Gasteiger charge is 2.05. The van der Waals surface area contributed by atoms with Crippen LogP contribution in [0.3, 0.4) is 0 Å². The van der Waals surface area contributed by atoms with E-state index in [2.05, 4.69) is 61.9 Å². The third-order valence-electron chi connectivity index (χ3n) is 2.75. The number of imidazole rings is 1. The fourth-order valence-corrected chi connectivity index (χ4v) is 2.27. The molecule has 0 atom stereocenters. The van der Waals surface area contributed by atoms with Crippen molar-refractivity contribution in [2.45, 2.75) is 6.42 Å². The molecule has 0 amide bonds. The van der Waals surface area contributed by atoms with E-state index in [4.69, 9.17) is 0 Å². The number of allylic oxidation sites excluding steroid dienone is 6. The standard InChI is InChI=1S/C14H11BrN2/c15-11-7-8-14-13(9-11)16-10-17(14)12-5-3-1-2-4-6-12/h1,3-10H,2H2. The minimum atomic E-state index is 0.984. The predicted molar refractivity (Wildman–Crippen MR) is 74.6 cm³/mol. The number of benzene rings is 1. The van der Waals surface area contributed by atoms with Crippen molar-refractivity contribution in [2.75, 3.05) is 0 Å². The highest BCUT2D eigenvalue weighted by Crippen LogP contribution is 2.22. The van der Waals surface area contributed by atoms with Crippen molar-refractivity contribution >= 4 is 32.7 Å². The molecule has 1 aromatic carbocycles. The van der Waals surface area contributed by atoms with Crippen LogP contribution in [0.4, 0.5) is 0 Å². The lowest BCUT2D eigenvalue weighted by Gasteiger charge is -2.04. The Bertz CT molecular complexity index is 647. The number of hydrogen-bond acceptors (Lipinski definition) is 1. The predicted octanol–water partition coefficient (Wildman–Crippen LogP) is 4.16. The molecule has 0 unspecified atom stereocenters. The second-order valence-corrected chi connectivity index (χ2v) is 4.82. The molecular formula is C14H11BrN2. The third-order valence-corrected chi connectivity index (χ3v) is 3.24. The van der Waals surface area contributed by atoms with Crippen LogP contribution < -0.4 is 0 Å². The third kappa shape index (κ3) is 1.98. The molecule has 0 N–H and O–H groups in total. The molecule has 1 heterocycles. The van der Waals surface area contributed by atoms with Gasteiger partial charge in [-0.25, -0.2) is 4.98 Å². The van der Waals surface area contributed by atoms with Gasteiger partial charge >= 0.3 is 0 Å². The summed E-state index contributed by atoms with van der Waals surface area (Å²) in [5.41, 5.74) is 3.27. The molecule has 0 saturated heterocycles. The number of nitrogens with zero attached hydrogens (tertiary/aromatic N) is 2. The van der Waals surface area contributed by atoms with Crippen molar-refractivity contribution in [3.05, 3.63) is 59.4 Å². The lowest BCUT2D eigenvalue weighted by Crippen LogP contribution is -1.91. The van der Waals surface area contributed by atoms with E-state index in [1.165, 1.54) is 0 Å². The molecule has 2 aromatic rings. The Labute approximate surface area is 108 Å². The molecule has 0 saturated carbocycles. The van der Waals surface area contributed by atoms with Crippen molar-refractivity contribution in [3.63, 3.8) is 0 Å². The normalized spacial score (nSPS) is 15.0. The van der Waals surface area contributed by atoms with Gasteiger partial charge in [0.1, 0.15) is 6.33 Å². The molecule has 2 nitrogen and oxygen atoms in total. The molecule has 84 valence electrons. The summed E-state index contributed by atoms with van der Waals surface area (Å²) >= 11 is 3.46. The topological polar surface area (TPSA) is 17.8 Å². The fourth-order valence-electron chi connectivity index (χ4n) is 1.92. The number of fused-ring (bicyclic) bond motifs is 1. The van der Waals surface area contributed by atoms with Gasteiger partial charge in [-0.2, -0.15) is 0 Å². The van der Waals surface area contributed by atoms with Gasteiger partial charge in [0.05, 0.1) is 11.0 Å². The average molecular weight is 287 g/mol. The van der Waals surface area contributed by atoms with Gasteiger partial charge in [-0.05, 0) is 36.8 Å². The van der Waals surface area contributed by atoms with Crippen LogP contribution in [0.1, 0.15) is 6.42 Å². The molecule has 0 bridgehead atoms. The van der Waals surface area contributed by atoms with Crippen LogP contribution in [0.25, 0.3) is 16.7 Å². The van der Waals surface area contributed by atoms with Gasteiger partial charge in [0.15, 0.2) is 0 Å². The highest BCUT2D eigenvalue weighted by atomic mass is 79.9. The van der Waals surface area contributed by atoms with Crippen LogP contribution in [0.2, 0.25) is 0 Å². The summed E-state index contributed by atoms with van der Waals surface area (Å²) in [6.45, 7) is 0. The summed E-state index contributed by atoms with van der Waals surface area (Å²) in [7, 11) is 0. The Morgan fingerprint density at radius 1 is 1.24 bits per heavy atom. The minimum Gasteiger partial charge on any atom is -0.299 e. The lowest BCUT2D eigenvalue weighted by atomic mass is 10.3. The molecule has 0 aliphatic heterocycles. The fraction of sp³-hybridized carbons (Fsp3) is 0.0714. The number of hydrogen-bond donors (Lipinski definition) is 0. The van der Waals surface area contributed by atoms with Gasteiger partial charge in [-0.15, -0.1) is 0 Å². The molecule has 1 aromatic heterocycles. The first-order chi connectivity index (χ1) is 8.34. The highest BCUT2D eigenvalue weighted by molar-refractivity contribution is 9.10. The van der Waals surface area contributed by atoms with E-state index in [9.17, 15) is 0 Å². The van der Waals surface area contributed by atoms with Crippen LogP contribution in [-0.2, 0) is 0 Å². The van der Waals surface area contributed by atoms with E-state index < -0.39 is 0 Å². The second-order valence-electron chi connectivity index (χ2n) is 3.91. The van der Waals surface area contributed by atoms with Crippen LogP contribution in [0.5, 0.6) is 0 Å². The van der Waals surface area contributed by atoms with Crippen LogP contribution in [0.15, 0.2) is 59.4 Å². The Balaban J connectivity index is 2.18. The summed E-state index contributed by atoms with van der Waals surface area (Å²) in [6.07, 6.45) is 13.5. The Kier molecular flexibility index (Phi) is 2.69. The summed E-state index contributed by atoms with van der Waals surface area (Å²) in [5, 5.41) is 0. The van der Waals surface area contributed by atoms with E-state index in [1.807, 2.05) is 18.5 Å². The first-order valence-electron chi connectivity index (χ1n) is 5.51. The maximum absolute atomic E-state index is 4.42.